The molecule has 26 heavy (non-hydrogen) atoms. The summed E-state index contributed by atoms with van der Waals surface area (Å²) in [6, 6.07) is 14.3. The van der Waals surface area contributed by atoms with Crippen LogP contribution in [-0.4, -0.2) is 10.0 Å². The molecule has 3 heterocycles. The molecule has 0 fully saturated rings. The van der Waals surface area contributed by atoms with E-state index in [0.29, 0.717) is 18.7 Å². The van der Waals surface area contributed by atoms with Gasteiger partial charge in [0.1, 0.15) is 17.1 Å². The van der Waals surface area contributed by atoms with Crippen molar-refractivity contribution in [2.75, 3.05) is 0 Å². The van der Waals surface area contributed by atoms with Crippen molar-refractivity contribution in [3.05, 3.63) is 86.8 Å². The zero-order chi connectivity index (χ0) is 17.9. The number of nitrogens with zero attached hydrogens (tertiary/aromatic N) is 1. The van der Waals surface area contributed by atoms with Gasteiger partial charge in [-0.1, -0.05) is 6.07 Å². The normalized spacial score (nSPS) is 11.4. The molecule has 1 aromatic carbocycles. The van der Waals surface area contributed by atoms with Gasteiger partial charge in [0.25, 0.3) is 0 Å². The van der Waals surface area contributed by atoms with Crippen LogP contribution >= 0.6 is 11.3 Å². The van der Waals surface area contributed by atoms with Crippen molar-refractivity contribution in [1.29, 1.82) is 0 Å². The Bertz CT molecular complexity index is 1020. The van der Waals surface area contributed by atoms with E-state index < -0.39 is 5.63 Å². The summed E-state index contributed by atoms with van der Waals surface area (Å²) in [5, 5.41) is 12.5. The minimum Gasteiger partial charge on any atom is -0.508 e. The molecule has 0 unspecified atom stereocenters. The third-order valence-corrected chi connectivity index (χ3v) is 4.99. The highest BCUT2D eigenvalue weighted by Crippen LogP contribution is 2.24. The van der Waals surface area contributed by atoms with Crippen LogP contribution < -0.4 is 5.63 Å². The third-order valence-electron chi connectivity index (χ3n) is 4.13. The molecule has 0 saturated carbocycles. The number of hydrogen-bond donors (Lipinski definition) is 1. The van der Waals surface area contributed by atoms with Crippen LogP contribution in [0.25, 0.3) is 11.0 Å². The predicted molar refractivity (Wildman–Crippen MR) is 100 cm³/mol. The van der Waals surface area contributed by atoms with Gasteiger partial charge in [0.2, 0.25) is 0 Å². The quantitative estimate of drug-likeness (QED) is 0.513. The van der Waals surface area contributed by atoms with Gasteiger partial charge in [-0.2, -0.15) is 0 Å². The average molecular weight is 367 g/mol. The second kappa shape index (κ2) is 7.19. The van der Waals surface area contributed by atoms with Crippen LogP contribution in [0.3, 0.4) is 0 Å². The van der Waals surface area contributed by atoms with E-state index in [1.807, 2.05) is 18.2 Å². The Hall–Kier alpha value is -2.83. The van der Waals surface area contributed by atoms with E-state index in [9.17, 15) is 9.90 Å². The Labute approximate surface area is 153 Å². The fourth-order valence-electron chi connectivity index (χ4n) is 3.00. The summed E-state index contributed by atoms with van der Waals surface area (Å²) in [5.41, 5.74) is 0.827. The molecule has 0 radical (unpaired) electrons. The predicted octanol–water partition coefficient (Wildman–Crippen LogP) is 4.36. The molecule has 0 spiro atoms. The Morgan fingerprint density at radius 1 is 1.04 bits per heavy atom. The van der Waals surface area contributed by atoms with Crippen molar-refractivity contribution in [3.63, 3.8) is 0 Å². The second-order valence-electron chi connectivity index (χ2n) is 6.08. The molecule has 0 saturated heterocycles. The number of rotatable bonds is 6. The zero-order valence-electron chi connectivity index (χ0n) is 13.9. The maximum atomic E-state index is 11.9. The van der Waals surface area contributed by atoms with E-state index in [2.05, 4.69) is 16.3 Å². The topological polar surface area (TPSA) is 66.8 Å². The van der Waals surface area contributed by atoms with E-state index >= 15 is 0 Å². The van der Waals surface area contributed by atoms with E-state index in [1.165, 1.54) is 17.0 Å². The van der Waals surface area contributed by atoms with Gasteiger partial charge in [0, 0.05) is 35.5 Å². The highest BCUT2D eigenvalue weighted by Gasteiger charge is 2.14. The first-order valence-electron chi connectivity index (χ1n) is 8.20. The van der Waals surface area contributed by atoms with Gasteiger partial charge < -0.3 is 13.9 Å². The highest BCUT2D eigenvalue weighted by atomic mass is 32.1. The van der Waals surface area contributed by atoms with E-state index in [4.69, 9.17) is 8.83 Å². The van der Waals surface area contributed by atoms with Gasteiger partial charge in [-0.25, -0.2) is 4.79 Å². The van der Waals surface area contributed by atoms with Gasteiger partial charge in [0.05, 0.1) is 12.8 Å². The number of thiophene rings is 1. The lowest BCUT2D eigenvalue weighted by Crippen LogP contribution is -2.22. The number of aromatic hydroxyl groups is 1. The van der Waals surface area contributed by atoms with Crippen molar-refractivity contribution in [2.45, 2.75) is 19.6 Å². The number of fused-ring (bicyclic) bond motifs is 1. The molecular weight excluding hydrogens is 350 g/mol. The summed E-state index contributed by atoms with van der Waals surface area (Å²) in [5.74, 6) is 0.940. The minimum absolute atomic E-state index is 0.0730. The van der Waals surface area contributed by atoms with Crippen LogP contribution in [0.5, 0.6) is 5.75 Å². The molecular formula is C20H17NO4S. The van der Waals surface area contributed by atoms with Crippen LogP contribution in [0, 0.1) is 0 Å². The molecule has 6 heteroatoms. The minimum atomic E-state index is -0.424. The van der Waals surface area contributed by atoms with Gasteiger partial charge in [-0.15, -0.1) is 11.3 Å². The number of phenolic OH excluding ortho intramolecular Hbond substituents is 1. The Morgan fingerprint density at radius 3 is 2.73 bits per heavy atom. The van der Waals surface area contributed by atoms with Crippen molar-refractivity contribution in [3.8, 4) is 5.75 Å². The molecule has 132 valence electrons. The lowest BCUT2D eigenvalue weighted by molar-refractivity contribution is 0.229. The molecule has 0 amide bonds. The smallest absolute Gasteiger partial charge is 0.336 e. The van der Waals surface area contributed by atoms with E-state index in [1.54, 1.807) is 29.7 Å². The molecule has 4 aromatic rings. The molecule has 0 aliphatic heterocycles. The first-order valence-corrected chi connectivity index (χ1v) is 9.08. The fourth-order valence-corrected chi connectivity index (χ4v) is 3.75. The van der Waals surface area contributed by atoms with Crippen LogP contribution in [0.15, 0.2) is 73.8 Å². The van der Waals surface area contributed by atoms with Gasteiger partial charge >= 0.3 is 5.63 Å². The van der Waals surface area contributed by atoms with Crippen molar-refractivity contribution >= 4 is 22.3 Å². The zero-order valence-corrected chi connectivity index (χ0v) is 14.7. The first kappa shape index (κ1) is 16.6. The number of hydrogen-bond acceptors (Lipinski definition) is 6. The van der Waals surface area contributed by atoms with Crippen molar-refractivity contribution in [1.82, 2.24) is 4.90 Å². The fraction of sp³-hybridized carbons (Fsp3) is 0.150. The maximum Gasteiger partial charge on any atom is 0.336 e. The summed E-state index contributed by atoms with van der Waals surface area (Å²) in [7, 11) is 0. The Kier molecular flexibility index (Phi) is 4.60. The summed E-state index contributed by atoms with van der Waals surface area (Å²) in [6.07, 6.45) is 1.66. The molecule has 5 nitrogen and oxygen atoms in total. The first-order chi connectivity index (χ1) is 12.7. The molecule has 1 N–H and O–H groups in total. The van der Waals surface area contributed by atoms with Gasteiger partial charge in [-0.3, -0.25) is 4.90 Å². The van der Waals surface area contributed by atoms with Crippen LogP contribution in [0.4, 0.5) is 0 Å². The number of phenols is 1. The Morgan fingerprint density at radius 2 is 1.96 bits per heavy atom. The molecule has 0 atom stereocenters. The summed E-state index contributed by atoms with van der Waals surface area (Å²) < 4.78 is 10.7. The lowest BCUT2D eigenvalue weighted by atomic mass is 10.1. The van der Waals surface area contributed by atoms with Crippen LogP contribution in [0.2, 0.25) is 0 Å². The average Bonchev–Trinajstić information content (AvgIpc) is 3.28. The van der Waals surface area contributed by atoms with Gasteiger partial charge in [-0.05, 0) is 41.3 Å². The summed E-state index contributed by atoms with van der Waals surface area (Å²) >= 11 is 1.70. The second-order valence-corrected chi connectivity index (χ2v) is 7.11. The van der Waals surface area contributed by atoms with Gasteiger partial charge in [0.15, 0.2) is 0 Å². The molecule has 0 bridgehead atoms. The summed E-state index contributed by atoms with van der Waals surface area (Å²) in [6.45, 7) is 1.94. The SMILES string of the molecule is O=c1cc(CN(Cc2ccco2)Cc2cccs2)c2ccc(O)cc2o1. The van der Waals surface area contributed by atoms with E-state index in [-0.39, 0.29) is 5.75 Å². The Balaban J connectivity index is 1.68. The molecule has 0 aliphatic carbocycles. The third kappa shape index (κ3) is 3.71. The standard InChI is InChI=1S/C20H17NO4S/c22-15-5-6-18-14(9-20(23)25-19(18)10-15)11-21(12-16-3-1-7-24-16)13-17-4-2-8-26-17/h1-10,22H,11-13H2. The number of benzene rings is 1. The van der Waals surface area contributed by atoms with Crippen molar-refractivity contribution in [2.24, 2.45) is 0 Å². The molecule has 0 aliphatic rings. The largest absolute Gasteiger partial charge is 0.508 e. The highest BCUT2D eigenvalue weighted by molar-refractivity contribution is 7.09. The van der Waals surface area contributed by atoms with E-state index in [0.717, 1.165) is 23.3 Å². The number of furan rings is 1. The molecule has 3 aromatic heterocycles. The lowest BCUT2D eigenvalue weighted by Gasteiger charge is -2.21. The maximum absolute atomic E-state index is 11.9. The monoisotopic (exact) mass is 367 g/mol. The summed E-state index contributed by atoms with van der Waals surface area (Å²) in [4.78, 5) is 15.4. The molecule has 4 rings (SSSR count). The van der Waals surface area contributed by atoms with Crippen molar-refractivity contribution < 1.29 is 13.9 Å². The van der Waals surface area contributed by atoms with Crippen LogP contribution in [-0.2, 0) is 19.6 Å². The van der Waals surface area contributed by atoms with Crippen LogP contribution in [0.1, 0.15) is 16.2 Å².